The summed E-state index contributed by atoms with van der Waals surface area (Å²) in [5.41, 5.74) is 1.76. The van der Waals surface area contributed by atoms with Gasteiger partial charge >= 0.3 is 5.97 Å². The van der Waals surface area contributed by atoms with Crippen molar-refractivity contribution in [2.45, 2.75) is 25.3 Å². The molecule has 2 aromatic carbocycles. The molecule has 0 saturated heterocycles. The summed E-state index contributed by atoms with van der Waals surface area (Å²) in [6.07, 6.45) is 1.50. The zero-order valence-electron chi connectivity index (χ0n) is 15.9. The number of halogens is 2. The molecule has 1 atom stereocenters. The van der Waals surface area contributed by atoms with Gasteiger partial charge in [-0.2, -0.15) is 0 Å². The van der Waals surface area contributed by atoms with Crippen molar-refractivity contribution < 1.29 is 19.4 Å². The highest BCUT2D eigenvalue weighted by molar-refractivity contribution is 6.39. The highest BCUT2D eigenvalue weighted by Crippen LogP contribution is 2.24. The number of nitrogens with one attached hydrogen (secondary N) is 1. The molecule has 0 aliphatic heterocycles. The Morgan fingerprint density at radius 1 is 1.14 bits per heavy atom. The van der Waals surface area contributed by atoms with Gasteiger partial charge in [-0.05, 0) is 36.2 Å². The molecule has 0 heterocycles. The lowest BCUT2D eigenvalue weighted by Gasteiger charge is -2.17. The molecule has 0 bridgehead atoms. The van der Waals surface area contributed by atoms with Crippen molar-refractivity contribution in [3.8, 4) is 11.8 Å². The zero-order valence-corrected chi connectivity index (χ0v) is 17.4. The zero-order chi connectivity index (χ0) is 21.2. The van der Waals surface area contributed by atoms with Gasteiger partial charge in [0.05, 0.1) is 22.7 Å². The maximum atomic E-state index is 12.6. The summed E-state index contributed by atoms with van der Waals surface area (Å²) in [5, 5.41) is 11.8. The van der Waals surface area contributed by atoms with E-state index < -0.39 is 17.9 Å². The van der Waals surface area contributed by atoms with Crippen LogP contribution < -0.4 is 5.32 Å². The van der Waals surface area contributed by atoms with E-state index in [4.69, 9.17) is 33.0 Å². The second-order valence-electron chi connectivity index (χ2n) is 6.18. The molecule has 5 nitrogen and oxygen atoms in total. The molecule has 0 radical (unpaired) electrons. The number of ether oxygens (including phenoxy) is 1. The van der Waals surface area contributed by atoms with E-state index in [9.17, 15) is 9.59 Å². The topological polar surface area (TPSA) is 75.6 Å². The minimum Gasteiger partial charge on any atom is -0.467 e. The van der Waals surface area contributed by atoms with Crippen molar-refractivity contribution in [2.75, 3.05) is 13.7 Å². The largest absolute Gasteiger partial charge is 0.467 e. The van der Waals surface area contributed by atoms with Crippen LogP contribution in [0.2, 0.25) is 10.0 Å². The summed E-state index contributed by atoms with van der Waals surface area (Å²) in [4.78, 5) is 24.8. The molecule has 0 unspecified atom stereocenters. The van der Waals surface area contributed by atoms with Crippen LogP contribution >= 0.6 is 23.2 Å². The summed E-state index contributed by atoms with van der Waals surface area (Å²) in [6, 6.07) is 11.2. The van der Waals surface area contributed by atoms with Crippen molar-refractivity contribution in [1.29, 1.82) is 0 Å². The van der Waals surface area contributed by atoms with Gasteiger partial charge < -0.3 is 15.2 Å². The van der Waals surface area contributed by atoms with Crippen molar-refractivity contribution in [3.05, 3.63) is 69.2 Å². The predicted octanol–water partition coefficient (Wildman–Crippen LogP) is 3.63. The highest BCUT2D eigenvalue weighted by atomic mass is 35.5. The van der Waals surface area contributed by atoms with Gasteiger partial charge in [0.15, 0.2) is 0 Å². The fraction of sp³-hybridized carbons (Fsp3) is 0.273. The molecular weight excluding hydrogens is 413 g/mol. The molecule has 2 N–H and O–H groups in total. The number of carbonyl (C=O) groups is 2. The Kier molecular flexibility index (Phi) is 9.01. The molecule has 0 fully saturated rings. The maximum absolute atomic E-state index is 12.6. The standard InChI is InChI=1S/C22H21Cl2NO4/c1-29-22(28)19(25-21(27)20-17(23)7-5-8-18(20)24)14-16-11-9-15(10-12-16)6-3-2-4-13-26/h5,7-12,19,26H,2,4,13-14H2,1H3,(H,25,27)/t19-/m0/s1. The van der Waals surface area contributed by atoms with Crippen molar-refractivity contribution in [2.24, 2.45) is 0 Å². The number of benzene rings is 2. The lowest BCUT2D eigenvalue weighted by Crippen LogP contribution is -2.43. The Labute approximate surface area is 180 Å². The first-order valence-electron chi connectivity index (χ1n) is 8.97. The summed E-state index contributed by atoms with van der Waals surface area (Å²) >= 11 is 12.1. The summed E-state index contributed by atoms with van der Waals surface area (Å²) < 4.78 is 4.82. The van der Waals surface area contributed by atoms with Crippen LogP contribution in [0.15, 0.2) is 42.5 Å². The van der Waals surface area contributed by atoms with Crippen LogP contribution in [0.3, 0.4) is 0 Å². The fourth-order valence-corrected chi connectivity index (χ4v) is 3.14. The predicted molar refractivity (Wildman–Crippen MR) is 113 cm³/mol. The van der Waals surface area contributed by atoms with Crippen LogP contribution in [-0.4, -0.2) is 36.7 Å². The number of methoxy groups -OCH3 is 1. The number of unbranched alkanes of at least 4 members (excludes halogenated alkanes) is 1. The first-order valence-corrected chi connectivity index (χ1v) is 9.73. The molecule has 29 heavy (non-hydrogen) atoms. The van der Waals surface area contributed by atoms with Gasteiger partial charge in [0, 0.05) is 25.0 Å². The number of rotatable bonds is 7. The van der Waals surface area contributed by atoms with Crippen LogP contribution in [0.5, 0.6) is 0 Å². The minimum absolute atomic E-state index is 0.109. The van der Waals surface area contributed by atoms with Crippen LogP contribution in [-0.2, 0) is 16.0 Å². The van der Waals surface area contributed by atoms with Crippen LogP contribution in [0.1, 0.15) is 34.3 Å². The van der Waals surface area contributed by atoms with Crippen LogP contribution in [0, 0.1) is 11.8 Å². The number of amides is 1. The van der Waals surface area contributed by atoms with E-state index in [0.717, 1.165) is 11.1 Å². The Balaban J connectivity index is 2.12. The molecule has 2 aromatic rings. The number of esters is 1. The van der Waals surface area contributed by atoms with E-state index >= 15 is 0 Å². The Bertz CT molecular complexity index is 896. The van der Waals surface area contributed by atoms with Crippen molar-refractivity contribution >= 4 is 35.1 Å². The number of hydrogen-bond donors (Lipinski definition) is 2. The van der Waals surface area contributed by atoms with Gasteiger partial charge in [-0.15, -0.1) is 0 Å². The van der Waals surface area contributed by atoms with E-state index in [1.165, 1.54) is 7.11 Å². The third kappa shape index (κ3) is 6.79. The molecule has 0 aliphatic rings. The third-order valence-electron chi connectivity index (χ3n) is 4.07. The molecule has 0 aromatic heterocycles. The molecule has 0 aliphatic carbocycles. The highest BCUT2D eigenvalue weighted by Gasteiger charge is 2.24. The van der Waals surface area contributed by atoms with E-state index in [-0.39, 0.29) is 28.6 Å². The van der Waals surface area contributed by atoms with E-state index in [1.807, 2.05) is 24.3 Å². The molecular formula is C22H21Cl2NO4. The average molecular weight is 434 g/mol. The van der Waals surface area contributed by atoms with Gasteiger partial charge in [0.25, 0.3) is 5.91 Å². The average Bonchev–Trinajstić information content (AvgIpc) is 2.71. The van der Waals surface area contributed by atoms with Crippen molar-refractivity contribution in [3.63, 3.8) is 0 Å². The first kappa shape index (κ1) is 22.8. The quantitative estimate of drug-likeness (QED) is 0.397. The molecule has 152 valence electrons. The smallest absolute Gasteiger partial charge is 0.328 e. The number of aliphatic hydroxyl groups excluding tert-OH is 1. The number of hydrogen-bond acceptors (Lipinski definition) is 4. The molecule has 0 saturated carbocycles. The van der Waals surface area contributed by atoms with E-state index in [2.05, 4.69) is 17.2 Å². The van der Waals surface area contributed by atoms with Gasteiger partial charge in [-0.1, -0.05) is 53.2 Å². The van der Waals surface area contributed by atoms with Gasteiger partial charge in [0.2, 0.25) is 0 Å². The van der Waals surface area contributed by atoms with Crippen LogP contribution in [0.4, 0.5) is 0 Å². The lowest BCUT2D eigenvalue weighted by atomic mass is 10.0. The minimum atomic E-state index is -0.902. The third-order valence-corrected chi connectivity index (χ3v) is 4.70. The lowest BCUT2D eigenvalue weighted by molar-refractivity contribution is -0.142. The second kappa shape index (κ2) is 11.5. The first-order chi connectivity index (χ1) is 14.0. The number of aliphatic hydroxyl groups is 1. The maximum Gasteiger partial charge on any atom is 0.328 e. The fourth-order valence-electron chi connectivity index (χ4n) is 2.57. The van der Waals surface area contributed by atoms with Gasteiger partial charge in [0.1, 0.15) is 6.04 Å². The SMILES string of the molecule is COC(=O)[C@H](Cc1ccc(C#CCCCO)cc1)NC(=O)c1c(Cl)cccc1Cl. The Hall–Kier alpha value is -2.52. The van der Waals surface area contributed by atoms with E-state index in [1.54, 1.807) is 18.2 Å². The number of carbonyl (C=O) groups excluding carboxylic acids is 2. The monoisotopic (exact) mass is 433 g/mol. The Morgan fingerprint density at radius 3 is 2.38 bits per heavy atom. The summed E-state index contributed by atoms with van der Waals surface area (Å²) in [7, 11) is 1.26. The van der Waals surface area contributed by atoms with Gasteiger partial charge in [-0.25, -0.2) is 4.79 Å². The van der Waals surface area contributed by atoms with Gasteiger partial charge in [-0.3, -0.25) is 4.79 Å². The molecule has 2 rings (SSSR count). The van der Waals surface area contributed by atoms with Crippen LogP contribution in [0.25, 0.3) is 0 Å². The Morgan fingerprint density at radius 2 is 1.79 bits per heavy atom. The van der Waals surface area contributed by atoms with Crippen molar-refractivity contribution in [1.82, 2.24) is 5.32 Å². The molecule has 1 amide bonds. The summed E-state index contributed by atoms with van der Waals surface area (Å²) in [5.74, 6) is 4.86. The summed E-state index contributed by atoms with van der Waals surface area (Å²) in [6.45, 7) is 0.119. The molecule has 0 spiro atoms. The molecule has 7 heteroatoms. The normalized spacial score (nSPS) is 11.2. The second-order valence-corrected chi connectivity index (χ2v) is 6.99. The van der Waals surface area contributed by atoms with E-state index in [0.29, 0.717) is 12.8 Å².